The van der Waals surface area contributed by atoms with Crippen LogP contribution in [0, 0.1) is 11.3 Å². The Morgan fingerprint density at radius 1 is 1.44 bits per heavy atom. The second-order valence-electron chi connectivity index (χ2n) is 4.70. The monoisotopic (exact) mass is 264 g/mol. The predicted octanol–water partition coefficient (Wildman–Crippen LogP) is 1.18. The fraction of sp³-hybridized carbons (Fsp3) is 0.462. The molecule has 1 saturated heterocycles. The summed E-state index contributed by atoms with van der Waals surface area (Å²) < 4.78 is 23.0. The van der Waals surface area contributed by atoms with E-state index in [9.17, 15) is 8.42 Å². The van der Waals surface area contributed by atoms with Crippen molar-refractivity contribution in [1.29, 1.82) is 5.26 Å². The first-order valence-corrected chi connectivity index (χ1v) is 7.76. The van der Waals surface area contributed by atoms with Crippen LogP contribution in [-0.4, -0.2) is 37.4 Å². The molecular formula is C13H16N2O2S. The van der Waals surface area contributed by atoms with E-state index >= 15 is 0 Å². The number of sulfone groups is 1. The van der Waals surface area contributed by atoms with Crippen LogP contribution < -0.4 is 0 Å². The van der Waals surface area contributed by atoms with Gasteiger partial charge in [0.2, 0.25) is 0 Å². The molecule has 0 amide bonds. The summed E-state index contributed by atoms with van der Waals surface area (Å²) in [5, 5.41) is 9.03. The van der Waals surface area contributed by atoms with Crippen molar-refractivity contribution in [3.05, 3.63) is 35.4 Å². The van der Waals surface area contributed by atoms with Crippen molar-refractivity contribution in [2.75, 3.05) is 18.1 Å². The standard InChI is InChI=1S/C13H16N2O2S/c1-11-10-18(16,17)7-6-15(11)9-13-5-3-2-4-12(13)8-14/h2-5,11H,6-7,9-10H2,1H3. The highest BCUT2D eigenvalue weighted by molar-refractivity contribution is 7.91. The quantitative estimate of drug-likeness (QED) is 0.804. The lowest BCUT2D eigenvalue weighted by molar-refractivity contribution is 0.218. The highest BCUT2D eigenvalue weighted by atomic mass is 32.2. The first-order valence-electron chi connectivity index (χ1n) is 5.94. The van der Waals surface area contributed by atoms with Crippen LogP contribution >= 0.6 is 0 Å². The normalized spacial score (nSPS) is 23.4. The third-order valence-corrected chi connectivity index (χ3v) is 5.11. The Bertz CT molecular complexity index is 575. The molecule has 1 aliphatic heterocycles. The summed E-state index contributed by atoms with van der Waals surface area (Å²) in [5.74, 6) is 0.424. The minimum absolute atomic E-state index is 0.00972. The van der Waals surface area contributed by atoms with Crippen molar-refractivity contribution < 1.29 is 8.42 Å². The van der Waals surface area contributed by atoms with Gasteiger partial charge in [0.1, 0.15) is 0 Å². The molecule has 0 spiro atoms. The maximum absolute atomic E-state index is 11.5. The summed E-state index contributed by atoms with van der Waals surface area (Å²) in [5.41, 5.74) is 1.63. The summed E-state index contributed by atoms with van der Waals surface area (Å²) in [6.07, 6.45) is 0. The Morgan fingerprint density at radius 2 is 2.17 bits per heavy atom. The minimum Gasteiger partial charge on any atom is -0.294 e. The van der Waals surface area contributed by atoms with Gasteiger partial charge in [-0.25, -0.2) is 8.42 Å². The van der Waals surface area contributed by atoms with Gasteiger partial charge in [-0.15, -0.1) is 0 Å². The number of hydrogen-bond acceptors (Lipinski definition) is 4. The van der Waals surface area contributed by atoms with Crippen molar-refractivity contribution >= 4 is 9.84 Å². The van der Waals surface area contributed by atoms with Gasteiger partial charge in [0.25, 0.3) is 0 Å². The van der Waals surface area contributed by atoms with E-state index < -0.39 is 9.84 Å². The highest BCUT2D eigenvalue weighted by Crippen LogP contribution is 2.17. The second kappa shape index (κ2) is 5.09. The van der Waals surface area contributed by atoms with Gasteiger partial charge < -0.3 is 0 Å². The zero-order valence-corrected chi connectivity index (χ0v) is 11.2. The first-order chi connectivity index (χ1) is 8.52. The number of benzene rings is 1. The second-order valence-corrected chi connectivity index (χ2v) is 6.93. The van der Waals surface area contributed by atoms with Crippen LogP contribution in [0.25, 0.3) is 0 Å². The van der Waals surface area contributed by atoms with E-state index in [1.165, 1.54) is 0 Å². The van der Waals surface area contributed by atoms with Crippen molar-refractivity contribution in [3.8, 4) is 6.07 Å². The zero-order chi connectivity index (χ0) is 13.2. The summed E-state index contributed by atoms with van der Waals surface area (Å²) in [4.78, 5) is 2.12. The Kier molecular flexibility index (Phi) is 3.69. The maximum atomic E-state index is 11.5. The van der Waals surface area contributed by atoms with Gasteiger partial charge in [0.15, 0.2) is 9.84 Å². The van der Waals surface area contributed by atoms with Crippen LogP contribution in [-0.2, 0) is 16.4 Å². The molecule has 1 aromatic carbocycles. The summed E-state index contributed by atoms with van der Waals surface area (Å²) >= 11 is 0. The lowest BCUT2D eigenvalue weighted by Gasteiger charge is -2.33. The SMILES string of the molecule is CC1CS(=O)(=O)CCN1Cc1ccccc1C#N. The number of nitrogens with zero attached hydrogens (tertiary/aromatic N) is 2. The third kappa shape index (κ3) is 2.89. The largest absolute Gasteiger partial charge is 0.294 e. The average molecular weight is 264 g/mol. The van der Waals surface area contributed by atoms with Gasteiger partial charge in [0.05, 0.1) is 23.1 Å². The maximum Gasteiger partial charge on any atom is 0.153 e. The van der Waals surface area contributed by atoms with Gasteiger partial charge in [-0.1, -0.05) is 18.2 Å². The van der Waals surface area contributed by atoms with Crippen LogP contribution in [0.1, 0.15) is 18.1 Å². The summed E-state index contributed by atoms with van der Waals surface area (Å²) in [6.45, 7) is 3.11. The summed E-state index contributed by atoms with van der Waals surface area (Å²) in [7, 11) is -2.88. The van der Waals surface area contributed by atoms with Crippen molar-refractivity contribution in [1.82, 2.24) is 4.90 Å². The molecule has 1 atom stereocenters. The van der Waals surface area contributed by atoms with E-state index in [0.29, 0.717) is 18.7 Å². The molecule has 1 aromatic rings. The Morgan fingerprint density at radius 3 is 2.83 bits per heavy atom. The highest BCUT2D eigenvalue weighted by Gasteiger charge is 2.28. The molecular weight excluding hydrogens is 248 g/mol. The van der Waals surface area contributed by atoms with Crippen molar-refractivity contribution in [2.24, 2.45) is 0 Å². The molecule has 1 unspecified atom stereocenters. The molecule has 0 radical (unpaired) electrons. The van der Waals surface area contributed by atoms with E-state index in [1.54, 1.807) is 6.07 Å². The zero-order valence-electron chi connectivity index (χ0n) is 10.3. The van der Waals surface area contributed by atoms with Crippen LogP contribution in [0.5, 0.6) is 0 Å². The molecule has 0 aromatic heterocycles. The topological polar surface area (TPSA) is 61.2 Å². The van der Waals surface area contributed by atoms with E-state index in [1.807, 2.05) is 25.1 Å². The number of rotatable bonds is 2. The molecule has 96 valence electrons. The molecule has 1 heterocycles. The van der Waals surface area contributed by atoms with E-state index in [4.69, 9.17) is 5.26 Å². The molecule has 4 nitrogen and oxygen atoms in total. The lowest BCUT2D eigenvalue weighted by Crippen LogP contribution is -2.46. The fourth-order valence-corrected chi connectivity index (χ4v) is 3.88. The first kappa shape index (κ1) is 13.1. The van der Waals surface area contributed by atoms with Crippen LogP contribution in [0.4, 0.5) is 0 Å². The van der Waals surface area contributed by atoms with Crippen LogP contribution in [0.2, 0.25) is 0 Å². The molecule has 2 rings (SSSR count). The summed E-state index contributed by atoms with van der Waals surface area (Å²) in [6, 6.07) is 9.64. The molecule has 18 heavy (non-hydrogen) atoms. The Labute approximate surface area is 108 Å². The molecule has 5 heteroatoms. The smallest absolute Gasteiger partial charge is 0.153 e. The molecule has 0 saturated carbocycles. The molecule has 0 aliphatic carbocycles. The average Bonchev–Trinajstić information content (AvgIpc) is 2.33. The van der Waals surface area contributed by atoms with Gasteiger partial charge >= 0.3 is 0 Å². The van der Waals surface area contributed by atoms with Crippen molar-refractivity contribution in [3.63, 3.8) is 0 Å². The Hall–Kier alpha value is -1.38. The molecule has 1 aliphatic rings. The molecule has 0 bridgehead atoms. The van der Waals surface area contributed by atoms with E-state index in [2.05, 4.69) is 11.0 Å². The van der Waals surface area contributed by atoms with Crippen molar-refractivity contribution in [2.45, 2.75) is 19.5 Å². The van der Waals surface area contributed by atoms with E-state index in [0.717, 1.165) is 5.56 Å². The predicted molar refractivity (Wildman–Crippen MR) is 69.7 cm³/mol. The number of hydrogen-bond donors (Lipinski definition) is 0. The van der Waals surface area contributed by atoms with Gasteiger partial charge in [-0.3, -0.25) is 4.90 Å². The molecule has 1 fully saturated rings. The Balaban J connectivity index is 2.13. The third-order valence-electron chi connectivity index (χ3n) is 3.32. The van der Waals surface area contributed by atoms with Gasteiger partial charge in [-0.2, -0.15) is 5.26 Å². The van der Waals surface area contributed by atoms with Crippen LogP contribution in [0.3, 0.4) is 0 Å². The van der Waals surface area contributed by atoms with E-state index in [-0.39, 0.29) is 17.5 Å². The molecule has 0 N–H and O–H groups in total. The minimum atomic E-state index is -2.88. The van der Waals surface area contributed by atoms with Gasteiger partial charge in [0, 0.05) is 19.1 Å². The van der Waals surface area contributed by atoms with Gasteiger partial charge in [-0.05, 0) is 18.6 Å². The number of nitriles is 1. The lowest BCUT2D eigenvalue weighted by atomic mass is 10.1. The van der Waals surface area contributed by atoms with Crippen LogP contribution in [0.15, 0.2) is 24.3 Å². The fourth-order valence-electron chi connectivity index (χ4n) is 2.25.